The first kappa shape index (κ1) is 37.2. The van der Waals surface area contributed by atoms with Gasteiger partial charge in [0.15, 0.2) is 0 Å². The van der Waals surface area contributed by atoms with E-state index in [9.17, 15) is 42.6 Å². The molecule has 1 unspecified atom stereocenters. The summed E-state index contributed by atoms with van der Waals surface area (Å²) in [6.45, 7) is 6.28. The minimum Gasteiger partial charge on any atom is -0.444 e. The average molecular weight is 713 g/mol. The maximum absolute atomic E-state index is 14.7. The number of hydrogen-bond acceptors (Lipinski definition) is 6. The molecule has 2 fully saturated rings. The predicted molar refractivity (Wildman–Crippen MR) is 165 cm³/mol. The van der Waals surface area contributed by atoms with Crippen LogP contribution in [0.2, 0.25) is 0 Å². The molecule has 1 aliphatic heterocycles. The number of methoxy groups -OCH3 is 1. The lowest BCUT2D eigenvalue weighted by Gasteiger charge is -2.41. The zero-order valence-corrected chi connectivity index (χ0v) is 27.8. The number of hydrogen-bond donors (Lipinski definition) is 1. The molecule has 0 bridgehead atoms. The van der Waals surface area contributed by atoms with Gasteiger partial charge < -0.3 is 14.8 Å². The molecule has 268 valence electrons. The number of aryl methyl sites for hydroxylation is 1. The standard InChI is InChI=1S/C31H39F7N4O5S/c1-19-12-15-39-17-24(19)26(27(43)40-20-10-13-31(32,33)14-11-20)42(21-6-8-23(9-7-21)48(34,35,36,37)38)28(44)25-16-22(46-5)18-41(25)29(45)47-30(2,3)4/h6-9,12,15,17,20,22,25-26H,10-11,13-14,16,18H2,1-5H3,(H,40,43)/t22-,25-,26?/m1/s1. The Balaban J connectivity index is 1.86. The SMILES string of the molecule is CO[C@@H]1C[C@H](C(=O)N(c2ccc(S(F)(F)(F)(F)F)cc2)C(C(=O)NC2CCC(F)(F)CC2)c2cnccc2C)N(C(=O)OC(C)(C)C)C1. The van der Waals surface area contributed by atoms with E-state index in [2.05, 4.69) is 10.3 Å². The Labute approximate surface area is 273 Å². The summed E-state index contributed by atoms with van der Waals surface area (Å²) in [6.07, 6.45) is -0.210. The third kappa shape index (κ3) is 8.89. The molecule has 2 heterocycles. The summed E-state index contributed by atoms with van der Waals surface area (Å²) < 4.78 is 107. The highest BCUT2D eigenvalue weighted by Crippen LogP contribution is 3.02. The molecule has 1 aliphatic carbocycles. The highest BCUT2D eigenvalue weighted by molar-refractivity contribution is 8.45. The lowest BCUT2D eigenvalue weighted by molar-refractivity contribution is -0.129. The smallest absolute Gasteiger partial charge is 0.411 e. The van der Waals surface area contributed by atoms with Crippen molar-refractivity contribution in [1.82, 2.24) is 15.2 Å². The van der Waals surface area contributed by atoms with E-state index in [1.54, 1.807) is 27.7 Å². The third-order valence-electron chi connectivity index (χ3n) is 8.25. The molecule has 2 aromatic rings. The van der Waals surface area contributed by atoms with Crippen molar-refractivity contribution in [2.75, 3.05) is 18.6 Å². The van der Waals surface area contributed by atoms with Gasteiger partial charge in [-0.2, -0.15) is 0 Å². The molecule has 2 aliphatic rings. The molecule has 4 rings (SSSR count). The van der Waals surface area contributed by atoms with E-state index in [0.717, 1.165) is 9.80 Å². The molecule has 3 atom stereocenters. The van der Waals surface area contributed by atoms with Gasteiger partial charge >= 0.3 is 16.3 Å². The van der Waals surface area contributed by atoms with Crippen LogP contribution in [-0.2, 0) is 19.1 Å². The number of likely N-dealkylation sites (tertiary alicyclic amines) is 1. The highest BCUT2D eigenvalue weighted by atomic mass is 32.5. The predicted octanol–water partition coefficient (Wildman–Crippen LogP) is 7.84. The lowest BCUT2D eigenvalue weighted by atomic mass is 9.91. The summed E-state index contributed by atoms with van der Waals surface area (Å²) in [4.78, 5) is 45.9. The van der Waals surface area contributed by atoms with Gasteiger partial charge in [0.2, 0.25) is 11.8 Å². The molecule has 1 saturated heterocycles. The molecule has 3 amide bonds. The number of halogens is 7. The number of rotatable bonds is 8. The van der Waals surface area contributed by atoms with Crippen LogP contribution in [0.15, 0.2) is 47.6 Å². The van der Waals surface area contributed by atoms with Crippen LogP contribution in [0, 0.1) is 6.92 Å². The topological polar surface area (TPSA) is 101 Å². The largest absolute Gasteiger partial charge is 0.444 e. The third-order valence-corrected chi connectivity index (χ3v) is 9.41. The van der Waals surface area contributed by atoms with E-state index < -0.39 is 81.6 Å². The Morgan fingerprint density at radius 1 is 1.04 bits per heavy atom. The van der Waals surface area contributed by atoms with Crippen LogP contribution >= 0.6 is 10.2 Å². The first-order chi connectivity index (χ1) is 21.9. The number of anilines is 1. The van der Waals surface area contributed by atoms with E-state index in [4.69, 9.17) is 9.47 Å². The second-order valence-corrected chi connectivity index (χ2v) is 15.6. The Morgan fingerprint density at radius 3 is 2.17 bits per heavy atom. The highest BCUT2D eigenvalue weighted by Gasteiger charge is 2.65. The van der Waals surface area contributed by atoms with Crippen molar-refractivity contribution in [3.63, 3.8) is 0 Å². The molecule has 1 N–H and O–H groups in total. The molecule has 1 saturated carbocycles. The number of nitrogens with zero attached hydrogens (tertiary/aromatic N) is 3. The minimum absolute atomic E-state index is 0.0887. The van der Waals surface area contributed by atoms with Crippen LogP contribution in [0.1, 0.15) is 70.0 Å². The molecule has 48 heavy (non-hydrogen) atoms. The van der Waals surface area contributed by atoms with Crippen molar-refractivity contribution in [1.29, 1.82) is 0 Å². The number of carbonyl (C=O) groups is 3. The second-order valence-electron chi connectivity index (χ2n) is 13.2. The summed E-state index contributed by atoms with van der Waals surface area (Å²) >= 11 is 0. The Bertz CT molecular complexity index is 1530. The number of alkyl halides is 2. The molecule has 17 heteroatoms. The van der Waals surface area contributed by atoms with Gasteiger partial charge in [0.05, 0.1) is 12.6 Å². The first-order valence-electron chi connectivity index (χ1n) is 15.2. The number of aromatic nitrogens is 1. The second kappa shape index (κ2) is 12.4. The van der Waals surface area contributed by atoms with Gasteiger partial charge in [-0.25, -0.2) is 13.6 Å². The number of pyridine rings is 1. The first-order valence-corrected chi connectivity index (χ1v) is 17.1. The lowest BCUT2D eigenvalue weighted by Crippen LogP contribution is -2.54. The molecule has 1 aromatic carbocycles. The van der Waals surface area contributed by atoms with Crippen LogP contribution in [0.25, 0.3) is 0 Å². The minimum atomic E-state index is -10.1. The number of benzene rings is 1. The van der Waals surface area contributed by atoms with Gasteiger partial charge in [-0.1, -0.05) is 19.4 Å². The molecule has 0 spiro atoms. The number of amides is 3. The van der Waals surface area contributed by atoms with Crippen LogP contribution < -0.4 is 10.2 Å². The van der Waals surface area contributed by atoms with Crippen LogP contribution in [0.3, 0.4) is 0 Å². The Hall–Kier alpha value is -3.60. The fourth-order valence-electron chi connectivity index (χ4n) is 5.78. The number of ether oxygens (including phenoxy) is 2. The van der Waals surface area contributed by atoms with Gasteiger partial charge in [0, 0.05) is 56.1 Å². The summed E-state index contributed by atoms with van der Waals surface area (Å²) in [7, 11) is -8.78. The molecule has 1 aromatic heterocycles. The normalized spacial score (nSPS) is 22.3. The van der Waals surface area contributed by atoms with Crippen LogP contribution in [0.5, 0.6) is 0 Å². The Kier molecular flexibility index (Phi) is 9.60. The molecular weight excluding hydrogens is 673 g/mol. The van der Waals surface area contributed by atoms with Crippen LogP contribution in [0.4, 0.5) is 38.7 Å². The number of nitrogens with one attached hydrogen (secondary N) is 1. The van der Waals surface area contributed by atoms with Crippen molar-refractivity contribution in [2.24, 2.45) is 0 Å². The monoisotopic (exact) mass is 712 g/mol. The van der Waals surface area contributed by atoms with Crippen LogP contribution in [-0.4, -0.2) is 71.2 Å². The van der Waals surface area contributed by atoms with E-state index in [1.165, 1.54) is 25.6 Å². The molecule has 9 nitrogen and oxygen atoms in total. The average Bonchev–Trinajstić information content (AvgIpc) is 3.40. The zero-order valence-electron chi connectivity index (χ0n) is 27.0. The van der Waals surface area contributed by atoms with E-state index in [-0.39, 0.29) is 49.2 Å². The summed E-state index contributed by atoms with van der Waals surface area (Å²) in [5.41, 5.74) is -0.823. The van der Waals surface area contributed by atoms with Gasteiger partial charge in [-0.05, 0) is 76.4 Å². The quantitative estimate of drug-likeness (QED) is 0.280. The van der Waals surface area contributed by atoms with Crippen molar-refractivity contribution < 1.29 is 52.1 Å². The van der Waals surface area contributed by atoms with Gasteiger partial charge in [-0.3, -0.25) is 24.4 Å². The Morgan fingerprint density at radius 2 is 1.65 bits per heavy atom. The maximum Gasteiger partial charge on any atom is 0.411 e. The fourth-order valence-corrected chi connectivity index (χ4v) is 6.43. The van der Waals surface area contributed by atoms with Gasteiger partial charge in [0.1, 0.15) is 22.6 Å². The van der Waals surface area contributed by atoms with Gasteiger partial charge in [0.25, 0.3) is 5.91 Å². The number of carbonyl (C=O) groups excluding carboxylic acids is 3. The van der Waals surface area contributed by atoms with Crippen molar-refractivity contribution in [3.8, 4) is 0 Å². The summed E-state index contributed by atoms with van der Waals surface area (Å²) in [5.74, 6) is -4.76. The van der Waals surface area contributed by atoms with Crippen molar-refractivity contribution >= 4 is 33.8 Å². The van der Waals surface area contributed by atoms with E-state index >= 15 is 0 Å². The fraction of sp³-hybridized carbons (Fsp3) is 0.548. The molecular formula is C31H39F7N4O5S. The summed E-state index contributed by atoms with van der Waals surface area (Å²) in [6, 6.07) is -0.764. The van der Waals surface area contributed by atoms with Crippen molar-refractivity contribution in [3.05, 3.63) is 53.9 Å². The molecule has 0 radical (unpaired) electrons. The van der Waals surface area contributed by atoms with Crippen molar-refractivity contribution in [2.45, 2.75) is 100 Å². The van der Waals surface area contributed by atoms with Gasteiger partial charge in [-0.15, -0.1) is 0 Å². The zero-order chi connectivity index (χ0) is 35.9. The maximum atomic E-state index is 14.7. The van der Waals surface area contributed by atoms with E-state index in [0.29, 0.717) is 17.7 Å². The summed E-state index contributed by atoms with van der Waals surface area (Å²) in [5, 5.41) is 2.69. The van der Waals surface area contributed by atoms with E-state index in [1.807, 2.05) is 0 Å².